The van der Waals surface area contributed by atoms with Crippen LogP contribution in [0.15, 0.2) is 0 Å². The van der Waals surface area contributed by atoms with E-state index in [4.69, 9.17) is 31.5 Å². The quantitative estimate of drug-likeness (QED) is 0.462. The molecule has 2 saturated heterocycles. The Labute approximate surface area is 167 Å². The second-order valence-corrected chi connectivity index (χ2v) is 8.28. The Morgan fingerprint density at radius 1 is 1.00 bits per heavy atom. The van der Waals surface area contributed by atoms with Crippen LogP contribution in [0, 0.1) is 0 Å². The molecule has 5 atom stereocenters. The van der Waals surface area contributed by atoms with Crippen LogP contribution in [-0.4, -0.2) is 58.0 Å². The average molecular weight is 382 g/mol. The Balaban J connectivity index is 1.62. The van der Waals surface area contributed by atoms with Gasteiger partial charge in [0.2, 0.25) is 0 Å². The van der Waals surface area contributed by atoms with Crippen LogP contribution >= 0.6 is 0 Å². The molecule has 5 nitrogen and oxygen atoms in total. The van der Waals surface area contributed by atoms with Crippen molar-refractivity contribution >= 4 is 7.85 Å². The molecule has 6 heteroatoms. The molecule has 2 heterocycles. The highest BCUT2D eigenvalue weighted by Gasteiger charge is 2.25. The molecule has 2 rings (SSSR count). The minimum Gasteiger partial charge on any atom is -0.378 e. The maximum Gasteiger partial charge on any atom is 0.157 e. The normalized spacial score (nSPS) is 31.7. The Morgan fingerprint density at radius 3 is 2.67 bits per heavy atom. The number of hydrogen-bond donors (Lipinski definition) is 0. The number of ether oxygens (including phenoxy) is 5. The van der Waals surface area contributed by atoms with Crippen LogP contribution in [0.3, 0.4) is 0 Å². The van der Waals surface area contributed by atoms with E-state index in [1.165, 1.54) is 12.8 Å². The Morgan fingerprint density at radius 2 is 1.81 bits per heavy atom. The fourth-order valence-corrected chi connectivity index (χ4v) is 3.65. The van der Waals surface area contributed by atoms with Gasteiger partial charge in [0, 0.05) is 18.7 Å². The molecule has 156 valence electrons. The van der Waals surface area contributed by atoms with E-state index in [1.807, 2.05) is 13.8 Å². The summed E-state index contributed by atoms with van der Waals surface area (Å²) in [6.45, 7) is 8.01. The van der Waals surface area contributed by atoms with E-state index < -0.39 is 5.50 Å². The molecular formula is C21H39BO5. The zero-order valence-corrected chi connectivity index (χ0v) is 17.6. The third-order valence-electron chi connectivity index (χ3n) is 5.35. The molecule has 0 saturated carbocycles. The monoisotopic (exact) mass is 382 g/mol. The van der Waals surface area contributed by atoms with Crippen molar-refractivity contribution in [1.82, 2.24) is 0 Å². The van der Waals surface area contributed by atoms with Crippen LogP contribution in [0.2, 0.25) is 0 Å². The third kappa shape index (κ3) is 10.3. The second-order valence-electron chi connectivity index (χ2n) is 8.28. The lowest BCUT2D eigenvalue weighted by Gasteiger charge is -2.33. The van der Waals surface area contributed by atoms with Gasteiger partial charge in [-0.3, -0.25) is 0 Å². The highest BCUT2D eigenvalue weighted by atomic mass is 16.7. The molecule has 0 aromatic rings. The molecule has 0 amide bonds. The zero-order valence-electron chi connectivity index (χ0n) is 17.6. The molecule has 2 aliphatic rings. The van der Waals surface area contributed by atoms with Crippen molar-refractivity contribution in [3.8, 4) is 0 Å². The number of rotatable bonds is 8. The summed E-state index contributed by atoms with van der Waals surface area (Å²) in [6.07, 6.45) is 10.6. The SMILES string of the molecule is [B]C(C)(CCOC(C)OC1CCCC(C)OCC1)OC1CCCCCCO1. The van der Waals surface area contributed by atoms with Gasteiger partial charge in [0.25, 0.3) is 0 Å². The first kappa shape index (κ1) is 23.1. The lowest BCUT2D eigenvalue weighted by Crippen LogP contribution is -2.37. The summed E-state index contributed by atoms with van der Waals surface area (Å²) in [5, 5.41) is 0. The van der Waals surface area contributed by atoms with E-state index in [0.717, 1.165) is 58.2 Å². The summed E-state index contributed by atoms with van der Waals surface area (Å²) in [4.78, 5) is 0. The van der Waals surface area contributed by atoms with Crippen LogP contribution in [0.25, 0.3) is 0 Å². The lowest BCUT2D eigenvalue weighted by molar-refractivity contribution is -0.201. The van der Waals surface area contributed by atoms with E-state index in [0.29, 0.717) is 19.1 Å². The van der Waals surface area contributed by atoms with Crippen molar-refractivity contribution < 1.29 is 23.7 Å². The predicted octanol–water partition coefficient (Wildman–Crippen LogP) is 4.31. The first-order chi connectivity index (χ1) is 12.9. The standard InChI is InChI=1S/C21H39BO5/c1-17-9-8-10-19(12-15-23-17)26-18(2)24-16-13-21(3,22)27-20-11-6-4-5-7-14-25-20/h17-20H,4-16H2,1-3H3. The zero-order chi connectivity index (χ0) is 19.5. The molecule has 0 N–H and O–H groups in total. The maximum absolute atomic E-state index is 6.32. The Bertz CT molecular complexity index is 375. The van der Waals surface area contributed by atoms with Gasteiger partial charge in [0.05, 0.1) is 18.8 Å². The summed E-state index contributed by atoms with van der Waals surface area (Å²) in [5.41, 5.74) is -0.756. The highest BCUT2D eigenvalue weighted by molar-refractivity contribution is 6.14. The fraction of sp³-hybridized carbons (Fsp3) is 1.00. The summed E-state index contributed by atoms with van der Waals surface area (Å²) in [6, 6.07) is 0. The van der Waals surface area contributed by atoms with Crippen LogP contribution in [0.5, 0.6) is 0 Å². The lowest BCUT2D eigenvalue weighted by atomic mass is 9.80. The molecule has 27 heavy (non-hydrogen) atoms. The van der Waals surface area contributed by atoms with E-state index in [-0.39, 0.29) is 18.7 Å². The van der Waals surface area contributed by atoms with Gasteiger partial charge in [-0.2, -0.15) is 0 Å². The highest BCUT2D eigenvalue weighted by Crippen LogP contribution is 2.22. The molecular weight excluding hydrogens is 343 g/mol. The number of hydrogen-bond acceptors (Lipinski definition) is 5. The van der Waals surface area contributed by atoms with E-state index >= 15 is 0 Å². The van der Waals surface area contributed by atoms with Gasteiger partial charge in [-0.1, -0.05) is 12.8 Å². The molecule has 0 spiro atoms. The van der Waals surface area contributed by atoms with E-state index in [2.05, 4.69) is 6.92 Å². The van der Waals surface area contributed by atoms with Crippen LogP contribution in [0.1, 0.15) is 85.0 Å². The van der Waals surface area contributed by atoms with Crippen molar-refractivity contribution in [1.29, 1.82) is 0 Å². The van der Waals surface area contributed by atoms with Gasteiger partial charge in [-0.25, -0.2) is 0 Å². The van der Waals surface area contributed by atoms with Crippen molar-refractivity contribution in [2.75, 3.05) is 19.8 Å². The Kier molecular flexibility index (Phi) is 10.7. The van der Waals surface area contributed by atoms with Crippen LogP contribution in [-0.2, 0) is 23.7 Å². The summed E-state index contributed by atoms with van der Waals surface area (Å²) in [5.74, 6) is 0. The largest absolute Gasteiger partial charge is 0.378 e. The minimum absolute atomic E-state index is 0.203. The molecule has 2 aliphatic heterocycles. The van der Waals surface area contributed by atoms with Crippen molar-refractivity contribution in [2.45, 2.75) is 115 Å². The summed E-state index contributed by atoms with van der Waals surface area (Å²) < 4.78 is 29.4. The van der Waals surface area contributed by atoms with Gasteiger partial charge in [-0.05, 0) is 72.1 Å². The van der Waals surface area contributed by atoms with Gasteiger partial charge in [0.15, 0.2) is 12.6 Å². The van der Waals surface area contributed by atoms with Crippen molar-refractivity contribution in [3.63, 3.8) is 0 Å². The molecule has 0 aromatic carbocycles. The van der Waals surface area contributed by atoms with E-state index in [1.54, 1.807) is 0 Å². The average Bonchev–Trinajstić information content (AvgIpc) is 2.54. The van der Waals surface area contributed by atoms with Gasteiger partial charge in [-0.15, -0.1) is 0 Å². The third-order valence-corrected chi connectivity index (χ3v) is 5.35. The predicted molar refractivity (Wildman–Crippen MR) is 107 cm³/mol. The second kappa shape index (κ2) is 12.4. The van der Waals surface area contributed by atoms with Crippen molar-refractivity contribution in [3.05, 3.63) is 0 Å². The van der Waals surface area contributed by atoms with Gasteiger partial charge >= 0.3 is 0 Å². The first-order valence-corrected chi connectivity index (χ1v) is 10.9. The molecule has 2 radical (unpaired) electrons. The summed E-state index contributed by atoms with van der Waals surface area (Å²) in [7, 11) is 6.32. The molecule has 0 aromatic heterocycles. The van der Waals surface area contributed by atoms with Crippen LogP contribution in [0.4, 0.5) is 0 Å². The van der Waals surface area contributed by atoms with Crippen molar-refractivity contribution in [2.24, 2.45) is 0 Å². The molecule has 2 fully saturated rings. The van der Waals surface area contributed by atoms with Crippen LogP contribution < -0.4 is 0 Å². The van der Waals surface area contributed by atoms with Gasteiger partial charge in [0.1, 0.15) is 7.85 Å². The molecule has 0 aliphatic carbocycles. The van der Waals surface area contributed by atoms with E-state index in [9.17, 15) is 0 Å². The summed E-state index contributed by atoms with van der Waals surface area (Å²) >= 11 is 0. The Hall–Kier alpha value is -0.135. The smallest absolute Gasteiger partial charge is 0.157 e. The molecule has 5 unspecified atom stereocenters. The topological polar surface area (TPSA) is 46.2 Å². The maximum atomic E-state index is 6.32. The first-order valence-electron chi connectivity index (χ1n) is 10.9. The molecule has 0 bridgehead atoms. The fourth-order valence-electron chi connectivity index (χ4n) is 3.65. The minimum atomic E-state index is -0.756. The van der Waals surface area contributed by atoms with Gasteiger partial charge < -0.3 is 23.7 Å².